The third kappa shape index (κ3) is 7.31. The maximum atomic E-state index is 11.2. The molecule has 0 rings (SSSR count). The monoisotopic (exact) mass is 186 g/mol. The Morgan fingerprint density at radius 2 is 1.69 bits per heavy atom. The molecule has 0 aliphatic rings. The van der Waals surface area contributed by atoms with Gasteiger partial charge < -0.3 is 10.6 Å². The molecule has 0 atom stereocenters. The fourth-order valence-electron chi connectivity index (χ4n) is 0.811. The topological polar surface area (TPSA) is 58.2 Å². The molecule has 0 aromatic carbocycles. The number of carbonyl (C=O) groups excluding carboxylic acids is 2. The third-order valence-corrected chi connectivity index (χ3v) is 1.42. The summed E-state index contributed by atoms with van der Waals surface area (Å²) in [5.74, 6) is -0.265. The molecule has 4 heteroatoms. The van der Waals surface area contributed by atoms with Crippen molar-refractivity contribution < 1.29 is 9.59 Å². The number of hydrogen-bond acceptors (Lipinski definition) is 2. The van der Waals surface area contributed by atoms with Crippen LogP contribution >= 0.6 is 0 Å². The van der Waals surface area contributed by atoms with Crippen molar-refractivity contribution in [2.75, 3.05) is 13.6 Å². The van der Waals surface area contributed by atoms with Crippen LogP contribution in [0.2, 0.25) is 0 Å². The lowest BCUT2D eigenvalue weighted by Crippen LogP contribution is -2.36. The highest BCUT2D eigenvalue weighted by molar-refractivity contribution is 5.84. The Balaban J connectivity index is 3.71. The predicted octanol–water partition coefficient (Wildman–Crippen LogP) is 0.285. The van der Waals surface area contributed by atoms with Crippen molar-refractivity contribution in [3.63, 3.8) is 0 Å². The lowest BCUT2D eigenvalue weighted by molar-refractivity contribution is -0.126. The van der Waals surface area contributed by atoms with Crippen molar-refractivity contribution in [1.82, 2.24) is 10.6 Å². The first-order valence-electron chi connectivity index (χ1n) is 4.32. The van der Waals surface area contributed by atoms with E-state index in [2.05, 4.69) is 10.6 Å². The Kier molecular flexibility index (Phi) is 4.45. The van der Waals surface area contributed by atoms with E-state index in [4.69, 9.17) is 0 Å². The molecule has 0 aromatic heterocycles. The predicted molar refractivity (Wildman–Crippen MR) is 51.1 cm³/mol. The van der Waals surface area contributed by atoms with Crippen molar-refractivity contribution in [3.8, 4) is 0 Å². The second-order valence-corrected chi connectivity index (χ2v) is 4.19. The van der Waals surface area contributed by atoms with Crippen LogP contribution in [0.15, 0.2) is 0 Å². The number of amides is 2. The summed E-state index contributed by atoms with van der Waals surface area (Å²) in [6.45, 7) is 6.00. The number of hydrogen-bond donors (Lipinski definition) is 2. The minimum absolute atomic E-state index is 0.0349. The van der Waals surface area contributed by atoms with E-state index in [0.717, 1.165) is 0 Å². The lowest BCUT2D eigenvalue weighted by Gasteiger charge is -2.16. The quantitative estimate of drug-likeness (QED) is 0.665. The van der Waals surface area contributed by atoms with Crippen LogP contribution in [-0.2, 0) is 9.59 Å². The number of rotatable bonds is 3. The Morgan fingerprint density at radius 3 is 2.08 bits per heavy atom. The zero-order chi connectivity index (χ0) is 10.5. The van der Waals surface area contributed by atoms with E-state index < -0.39 is 0 Å². The molecule has 0 bridgehead atoms. The summed E-state index contributed by atoms with van der Waals surface area (Å²) < 4.78 is 0. The van der Waals surface area contributed by atoms with E-state index in [-0.39, 0.29) is 23.8 Å². The van der Waals surface area contributed by atoms with Crippen molar-refractivity contribution in [2.45, 2.75) is 27.2 Å². The minimum Gasteiger partial charge on any atom is -0.358 e. The Labute approximate surface area is 79.1 Å². The maximum Gasteiger partial charge on any atom is 0.239 e. The van der Waals surface area contributed by atoms with Crippen molar-refractivity contribution in [2.24, 2.45) is 5.41 Å². The average molecular weight is 186 g/mol. The summed E-state index contributed by atoms with van der Waals surface area (Å²) >= 11 is 0. The number of carbonyl (C=O) groups is 2. The Bertz CT molecular complexity index is 194. The van der Waals surface area contributed by atoms with Gasteiger partial charge in [-0.3, -0.25) is 9.59 Å². The van der Waals surface area contributed by atoms with Crippen molar-refractivity contribution >= 4 is 11.8 Å². The van der Waals surface area contributed by atoms with Gasteiger partial charge in [0.2, 0.25) is 11.8 Å². The van der Waals surface area contributed by atoms with Crippen LogP contribution in [-0.4, -0.2) is 25.4 Å². The van der Waals surface area contributed by atoms with E-state index >= 15 is 0 Å². The molecule has 0 aliphatic heterocycles. The first kappa shape index (κ1) is 11.9. The third-order valence-electron chi connectivity index (χ3n) is 1.42. The van der Waals surface area contributed by atoms with Crippen LogP contribution in [0.3, 0.4) is 0 Å². The van der Waals surface area contributed by atoms with Gasteiger partial charge in [0.05, 0.1) is 6.54 Å². The standard InChI is InChI=1S/C9H18N2O2/c1-9(2,3)5-7(12)11-6-8(13)10-4/h5-6H2,1-4H3,(H,10,13)(H,11,12). The highest BCUT2D eigenvalue weighted by Crippen LogP contribution is 2.17. The minimum atomic E-state index is -0.178. The summed E-state index contributed by atoms with van der Waals surface area (Å²) in [5.41, 5.74) is -0.0349. The normalized spacial score (nSPS) is 10.8. The van der Waals surface area contributed by atoms with Crippen LogP contribution in [0.25, 0.3) is 0 Å². The zero-order valence-electron chi connectivity index (χ0n) is 8.73. The van der Waals surface area contributed by atoms with Gasteiger partial charge in [0.25, 0.3) is 0 Å². The van der Waals surface area contributed by atoms with Crippen molar-refractivity contribution in [3.05, 3.63) is 0 Å². The van der Waals surface area contributed by atoms with Gasteiger partial charge in [0.1, 0.15) is 0 Å². The van der Waals surface area contributed by atoms with Crippen LogP contribution in [0.1, 0.15) is 27.2 Å². The highest BCUT2D eigenvalue weighted by Gasteiger charge is 2.15. The van der Waals surface area contributed by atoms with E-state index in [1.54, 1.807) is 0 Å². The largest absolute Gasteiger partial charge is 0.358 e. The number of likely N-dealkylation sites (N-methyl/N-ethyl adjacent to an activating group) is 1. The summed E-state index contributed by atoms with van der Waals surface area (Å²) in [4.78, 5) is 21.9. The van der Waals surface area contributed by atoms with Crippen molar-refractivity contribution in [1.29, 1.82) is 0 Å². The molecule has 13 heavy (non-hydrogen) atoms. The molecule has 2 N–H and O–H groups in total. The maximum absolute atomic E-state index is 11.2. The molecular formula is C9H18N2O2. The molecule has 0 unspecified atom stereocenters. The van der Waals surface area contributed by atoms with E-state index in [1.165, 1.54) is 7.05 Å². The van der Waals surface area contributed by atoms with E-state index in [9.17, 15) is 9.59 Å². The van der Waals surface area contributed by atoms with E-state index in [0.29, 0.717) is 6.42 Å². The molecule has 0 saturated heterocycles. The van der Waals surface area contributed by atoms with Gasteiger partial charge in [0.15, 0.2) is 0 Å². The summed E-state index contributed by atoms with van der Waals surface area (Å²) in [6, 6.07) is 0. The van der Waals surface area contributed by atoms with Gasteiger partial charge in [-0.15, -0.1) is 0 Å². The lowest BCUT2D eigenvalue weighted by atomic mass is 9.92. The Hall–Kier alpha value is -1.06. The first-order valence-corrected chi connectivity index (χ1v) is 4.32. The highest BCUT2D eigenvalue weighted by atomic mass is 16.2. The second kappa shape index (κ2) is 4.84. The first-order chi connectivity index (χ1) is 5.85. The van der Waals surface area contributed by atoms with Gasteiger partial charge in [0, 0.05) is 13.5 Å². The van der Waals surface area contributed by atoms with E-state index in [1.807, 2.05) is 20.8 Å². The van der Waals surface area contributed by atoms with Gasteiger partial charge in [-0.1, -0.05) is 20.8 Å². The zero-order valence-corrected chi connectivity index (χ0v) is 8.73. The molecule has 0 radical (unpaired) electrons. The smallest absolute Gasteiger partial charge is 0.239 e. The van der Waals surface area contributed by atoms with Gasteiger partial charge in [-0.05, 0) is 5.41 Å². The summed E-state index contributed by atoms with van der Waals surface area (Å²) in [7, 11) is 1.54. The van der Waals surface area contributed by atoms with Gasteiger partial charge >= 0.3 is 0 Å². The molecule has 76 valence electrons. The summed E-state index contributed by atoms with van der Waals surface area (Å²) in [5, 5.41) is 4.97. The molecule has 0 aromatic rings. The van der Waals surface area contributed by atoms with Gasteiger partial charge in [-0.25, -0.2) is 0 Å². The SMILES string of the molecule is CNC(=O)CNC(=O)CC(C)(C)C. The second-order valence-electron chi connectivity index (χ2n) is 4.19. The van der Waals surface area contributed by atoms with Crippen LogP contribution in [0.5, 0.6) is 0 Å². The summed E-state index contributed by atoms with van der Waals surface area (Å²) in [6.07, 6.45) is 0.435. The molecule has 0 aliphatic carbocycles. The molecule has 0 spiro atoms. The van der Waals surface area contributed by atoms with Gasteiger partial charge in [-0.2, -0.15) is 0 Å². The fraction of sp³-hybridized carbons (Fsp3) is 0.778. The number of nitrogens with one attached hydrogen (secondary N) is 2. The van der Waals surface area contributed by atoms with Crippen LogP contribution in [0, 0.1) is 5.41 Å². The molecule has 0 heterocycles. The fourth-order valence-corrected chi connectivity index (χ4v) is 0.811. The van der Waals surface area contributed by atoms with Crippen LogP contribution in [0.4, 0.5) is 0 Å². The molecule has 2 amide bonds. The molecule has 0 fully saturated rings. The molecule has 4 nitrogen and oxygen atoms in total. The average Bonchev–Trinajstić information content (AvgIpc) is 1.97. The molecular weight excluding hydrogens is 168 g/mol. The molecule has 0 saturated carbocycles. The Morgan fingerprint density at radius 1 is 1.15 bits per heavy atom. The van der Waals surface area contributed by atoms with Crippen LogP contribution < -0.4 is 10.6 Å².